The van der Waals surface area contributed by atoms with Gasteiger partial charge in [-0.05, 0) is 18.6 Å². The molecule has 2 aromatic heterocycles. The highest BCUT2D eigenvalue weighted by Crippen LogP contribution is 2.27. The second kappa shape index (κ2) is 8.80. The number of ether oxygens (including phenoxy) is 2. The maximum absolute atomic E-state index is 14.3. The van der Waals surface area contributed by atoms with E-state index in [9.17, 15) is 8.78 Å². The number of hydrogen-bond acceptors (Lipinski definition) is 8. The molecule has 0 amide bonds. The van der Waals surface area contributed by atoms with E-state index in [1.54, 1.807) is 6.20 Å². The van der Waals surface area contributed by atoms with Crippen molar-refractivity contribution in [2.24, 2.45) is 0 Å². The third kappa shape index (κ3) is 4.95. The molecule has 0 fully saturated rings. The number of aryl methyl sites for hydroxylation is 1. The predicted octanol–water partition coefficient (Wildman–Crippen LogP) is 1.90. The van der Waals surface area contributed by atoms with E-state index in [2.05, 4.69) is 20.4 Å². The Labute approximate surface area is 164 Å². The second-order valence-corrected chi connectivity index (χ2v) is 6.09. The zero-order chi connectivity index (χ0) is 21.0. The molecule has 0 aliphatic heterocycles. The summed E-state index contributed by atoms with van der Waals surface area (Å²) in [5.41, 5.74) is 0.538. The smallest absolute Gasteiger partial charge is 0.232 e. The Morgan fingerprint density at radius 2 is 1.97 bits per heavy atom. The van der Waals surface area contributed by atoms with Crippen LogP contribution in [0.4, 0.5) is 20.3 Å². The van der Waals surface area contributed by atoms with Crippen molar-refractivity contribution in [1.29, 1.82) is 0 Å². The van der Waals surface area contributed by atoms with Gasteiger partial charge in [-0.25, -0.2) is 18.7 Å². The molecule has 3 N–H and O–H groups in total. The monoisotopic (exact) mass is 407 g/mol. The third-order valence-electron chi connectivity index (χ3n) is 3.91. The summed E-state index contributed by atoms with van der Waals surface area (Å²) in [5.74, 6) is -1.15. The average Bonchev–Trinajstić information content (AvgIpc) is 3.12. The molecule has 1 aromatic carbocycles. The molecule has 0 aliphatic carbocycles. The minimum atomic E-state index is -1.51. The minimum absolute atomic E-state index is 0.0672. The van der Waals surface area contributed by atoms with Gasteiger partial charge in [-0.3, -0.25) is 4.68 Å². The van der Waals surface area contributed by atoms with Crippen LogP contribution in [0.5, 0.6) is 11.6 Å². The lowest BCUT2D eigenvalue weighted by atomic mass is 10.1. The molecule has 154 valence electrons. The number of aliphatic hydroxyl groups excluding tert-OH is 1. The van der Waals surface area contributed by atoms with Gasteiger partial charge < -0.3 is 25.0 Å². The highest BCUT2D eigenvalue weighted by atomic mass is 19.1. The van der Waals surface area contributed by atoms with Crippen molar-refractivity contribution in [3.05, 3.63) is 53.6 Å². The lowest BCUT2D eigenvalue weighted by Crippen LogP contribution is -2.14. The summed E-state index contributed by atoms with van der Waals surface area (Å²) in [7, 11) is 1.30. The summed E-state index contributed by atoms with van der Waals surface area (Å²) in [6.45, 7) is 1.05. The van der Waals surface area contributed by atoms with Crippen LogP contribution in [0, 0.1) is 18.6 Å². The molecule has 3 rings (SSSR count). The predicted molar refractivity (Wildman–Crippen MR) is 97.7 cm³/mol. The van der Waals surface area contributed by atoms with E-state index >= 15 is 0 Å². The molecule has 0 spiro atoms. The van der Waals surface area contributed by atoms with Gasteiger partial charge in [0.15, 0.2) is 17.9 Å². The number of nitrogens with one attached hydrogen (secondary N) is 1. The first-order valence-corrected chi connectivity index (χ1v) is 8.49. The Morgan fingerprint density at radius 3 is 2.62 bits per heavy atom. The molecule has 0 radical (unpaired) electrons. The third-order valence-corrected chi connectivity index (χ3v) is 3.91. The van der Waals surface area contributed by atoms with E-state index in [0.29, 0.717) is 11.5 Å². The first kappa shape index (κ1) is 20.4. The Hall–Kier alpha value is -3.31. The van der Waals surface area contributed by atoms with E-state index < -0.39 is 17.9 Å². The molecule has 0 saturated heterocycles. The quantitative estimate of drug-likeness (QED) is 0.485. The Kier molecular flexibility index (Phi) is 6.20. The zero-order valence-corrected chi connectivity index (χ0v) is 15.6. The maximum Gasteiger partial charge on any atom is 0.232 e. The van der Waals surface area contributed by atoms with Gasteiger partial charge in [0.1, 0.15) is 18.2 Å². The molecular weight excluding hydrogens is 388 g/mol. The molecule has 2 heterocycles. The van der Waals surface area contributed by atoms with Crippen molar-refractivity contribution in [3.8, 4) is 11.6 Å². The average molecular weight is 407 g/mol. The minimum Gasteiger partial charge on any atom is -0.494 e. The van der Waals surface area contributed by atoms with E-state index in [1.807, 2.05) is 0 Å². The summed E-state index contributed by atoms with van der Waals surface area (Å²) in [5, 5.41) is 24.7. The number of rotatable bonds is 8. The van der Waals surface area contributed by atoms with Crippen LogP contribution in [0.2, 0.25) is 0 Å². The van der Waals surface area contributed by atoms with Crippen LogP contribution in [-0.4, -0.2) is 43.4 Å². The molecular formula is C18H19F2N5O4. The lowest BCUT2D eigenvalue weighted by Gasteiger charge is -2.12. The van der Waals surface area contributed by atoms with Crippen LogP contribution < -0.4 is 14.8 Å². The van der Waals surface area contributed by atoms with Gasteiger partial charge in [-0.2, -0.15) is 5.10 Å². The van der Waals surface area contributed by atoms with Crippen molar-refractivity contribution in [3.63, 3.8) is 0 Å². The Morgan fingerprint density at radius 1 is 1.17 bits per heavy atom. The van der Waals surface area contributed by atoms with Crippen molar-refractivity contribution in [2.75, 3.05) is 12.4 Å². The van der Waals surface area contributed by atoms with E-state index in [1.165, 1.54) is 43.4 Å². The molecule has 0 aliphatic rings. The number of halogens is 2. The number of anilines is 2. The number of hydrogen-bond donors (Lipinski definition) is 3. The van der Waals surface area contributed by atoms with Crippen molar-refractivity contribution >= 4 is 11.5 Å². The van der Waals surface area contributed by atoms with Gasteiger partial charge >= 0.3 is 0 Å². The normalized spacial score (nSPS) is 11.0. The standard InChI is InChI=1S/C18H19F2N5O4/c1-10-3-13(28-2)18(20)12(17(10)19)9-29-15-6-21-14(5-22-15)24-11-4-23-25(7-11)8-16(26)27/h3-7,16,26-27H,8-9H2,1-2H3,(H,21,24). The summed E-state index contributed by atoms with van der Waals surface area (Å²) in [6.07, 6.45) is 4.19. The van der Waals surface area contributed by atoms with E-state index in [-0.39, 0.29) is 35.9 Å². The van der Waals surface area contributed by atoms with Gasteiger partial charge in [0.2, 0.25) is 5.88 Å². The van der Waals surface area contributed by atoms with E-state index in [0.717, 1.165) is 0 Å². The van der Waals surface area contributed by atoms with Crippen LogP contribution >= 0.6 is 0 Å². The van der Waals surface area contributed by atoms with Crippen LogP contribution in [-0.2, 0) is 13.2 Å². The van der Waals surface area contributed by atoms with Crippen LogP contribution in [0.1, 0.15) is 11.1 Å². The molecule has 0 saturated carbocycles. The van der Waals surface area contributed by atoms with E-state index in [4.69, 9.17) is 19.7 Å². The SMILES string of the molecule is COc1cc(C)c(F)c(COc2cnc(Nc3cnn(CC(O)O)c3)cn2)c1F. The van der Waals surface area contributed by atoms with Gasteiger partial charge in [0.25, 0.3) is 0 Å². The summed E-state index contributed by atoms with van der Waals surface area (Å²) >= 11 is 0. The molecule has 9 nitrogen and oxygen atoms in total. The Bertz CT molecular complexity index is 979. The number of methoxy groups -OCH3 is 1. The highest BCUT2D eigenvalue weighted by molar-refractivity contribution is 5.52. The van der Waals surface area contributed by atoms with Gasteiger partial charge in [-0.15, -0.1) is 0 Å². The number of nitrogens with zero attached hydrogens (tertiary/aromatic N) is 4. The fourth-order valence-corrected chi connectivity index (χ4v) is 2.53. The summed E-state index contributed by atoms with van der Waals surface area (Å²) in [4.78, 5) is 8.14. The molecule has 29 heavy (non-hydrogen) atoms. The zero-order valence-electron chi connectivity index (χ0n) is 15.6. The number of aromatic nitrogens is 4. The van der Waals surface area contributed by atoms with Crippen LogP contribution in [0.15, 0.2) is 30.9 Å². The molecule has 0 unspecified atom stereocenters. The lowest BCUT2D eigenvalue weighted by molar-refractivity contribution is -0.0534. The van der Waals surface area contributed by atoms with Gasteiger partial charge in [-0.1, -0.05) is 0 Å². The van der Waals surface area contributed by atoms with Crippen LogP contribution in [0.3, 0.4) is 0 Å². The molecule has 3 aromatic rings. The first-order valence-electron chi connectivity index (χ1n) is 8.49. The molecule has 11 heteroatoms. The van der Waals surface area contributed by atoms with Crippen molar-refractivity contribution < 1.29 is 28.5 Å². The molecule has 0 atom stereocenters. The van der Waals surface area contributed by atoms with Gasteiger partial charge in [0, 0.05) is 6.20 Å². The van der Waals surface area contributed by atoms with Crippen LogP contribution in [0.25, 0.3) is 0 Å². The largest absolute Gasteiger partial charge is 0.494 e. The molecule has 0 bridgehead atoms. The fraction of sp³-hybridized carbons (Fsp3) is 0.278. The summed E-state index contributed by atoms with van der Waals surface area (Å²) < 4.78 is 40.1. The summed E-state index contributed by atoms with van der Waals surface area (Å²) in [6, 6.07) is 1.28. The van der Waals surface area contributed by atoms with Crippen molar-refractivity contribution in [2.45, 2.75) is 26.4 Å². The topological polar surface area (TPSA) is 115 Å². The number of aliphatic hydroxyl groups is 2. The number of benzene rings is 1. The van der Waals surface area contributed by atoms with Gasteiger partial charge in [0.05, 0.1) is 43.5 Å². The van der Waals surface area contributed by atoms with Crippen molar-refractivity contribution in [1.82, 2.24) is 19.7 Å². The Balaban J connectivity index is 1.64. The highest BCUT2D eigenvalue weighted by Gasteiger charge is 2.18. The second-order valence-electron chi connectivity index (χ2n) is 6.09. The first-order chi connectivity index (χ1) is 13.9. The fourth-order valence-electron chi connectivity index (χ4n) is 2.53. The maximum atomic E-state index is 14.3.